The van der Waals surface area contributed by atoms with Gasteiger partial charge in [0.2, 0.25) is 0 Å². The van der Waals surface area contributed by atoms with Gasteiger partial charge in [-0.3, -0.25) is 9.79 Å². The molecule has 0 radical (unpaired) electrons. The van der Waals surface area contributed by atoms with Crippen molar-refractivity contribution in [2.45, 2.75) is 43.4 Å². The summed E-state index contributed by atoms with van der Waals surface area (Å²) in [6.45, 7) is 1.35. The van der Waals surface area contributed by atoms with E-state index < -0.39 is 22.1 Å². The van der Waals surface area contributed by atoms with Gasteiger partial charge in [-0.05, 0) is 37.0 Å². The molecule has 0 spiro atoms. The van der Waals surface area contributed by atoms with Crippen LogP contribution >= 0.6 is 0 Å². The third-order valence-corrected chi connectivity index (χ3v) is 5.19. The van der Waals surface area contributed by atoms with Crippen LogP contribution in [0.3, 0.4) is 0 Å². The van der Waals surface area contributed by atoms with Crippen molar-refractivity contribution in [1.82, 2.24) is 0 Å². The fourth-order valence-electron chi connectivity index (χ4n) is 2.78. The molecule has 1 aromatic carbocycles. The summed E-state index contributed by atoms with van der Waals surface area (Å²) in [5.41, 5.74) is 0.991. The van der Waals surface area contributed by atoms with Crippen molar-refractivity contribution in [3.05, 3.63) is 35.6 Å². The third kappa shape index (κ3) is 4.75. The van der Waals surface area contributed by atoms with E-state index in [0.29, 0.717) is 24.0 Å². The second kappa shape index (κ2) is 7.91. The number of halogens is 1. The van der Waals surface area contributed by atoms with E-state index in [2.05, 4.69) is 4.99 Å². The van der Waals surface area contributed by atoms with Crippen LogP contribution in [-0.4, -0.2) is 46.0 Å². The highest BCUT2D eigenvalue weighted by Crippen LogP contribution is 2.29. The summed E-state index contributed by atoms with van der Waals surface area (Å²) < 4.78 is 42.8. The van der Waals surface area contributed by atoms with Gasteiger partial charge in [0.05, 0.1) is 4.90 Å². The average molecular weight is 367 g/mol. The number of ketones is 1. The van der Waals surface area contributed by atoms with Gasteiger partial charge in [-0.1, -0.05) is 12.1 Å². The van der Waals surface area contributed by atoms with Crippen LogP contribution in [0.4, 0.5) is 4.39 Å². The Kier molecular flexibility index (Phi) is 6.11. The van der Waals surface area contributed by atoms with E-state index in [9.17, 15) is 17.6 Å². The number of aliphatic imine (C=N–C) groups is 1. The third-order valence-electron chi connectivity index (χ3n) is 4.06. The van der Waals surface area contributed by atoms with E-state index in [-0.39, 0.29) is 16.4 Å². The minimum Gasteiger partial charge on any atom is -0.483 e. The molecule has 136 valence electrons. The van der Waals surface area contributed by atoms with E-state index >= 15 is 0 Å². The maximum atomic E-state index is 13.9. The van der Waals surface area contributed by atoms with E-state index in [4.69, 9.17) is 4.74 Å². The van der Waals surface area contributed by atoms with Gasteiger partial charge in [0, 0.05) is 32.0 Å². The molecule has 1 fully saturated rings. The molecule has 25 heavy (non-hydrogen) atoms. The first kappa shape index (κ1) is 19.3. The number of ether oxygens (including phenoxy) is 1. The van der Waals surface area contributed by atoms with Crippen molar-refractivity contribution in [2.75, 3.05) is 13.3 Å². The smallest absolute Gasteiger partial charge is 0.195 e. The molecule has 0 aromatic heterocycles. The van der Waals surface area contributed by atoms with E-state index in [1.54, 1.807) is 19.2 Å². The molecule has 2 rings (SSSR count). The molecule has 2 atom stereocenters. The molecular weight excluding hydrogens is 345 g/mol. The van der Waals surface area contributed by atoms with Crippen molar-refractivity contribution >= 4 is 27.4 Å². The standard InChI is InChI=1S/C18H22FNO4S/c1-12(21)18(24-17-6-4-5-16(17)19)15(11-20-2)13-7-9-14(10-8-13)25(3,22)23/h7-11,16-17H,4-6H2,1-3H3/b18-15-,20-11?. The quantitative estimate of drug-likeness (QED) is 0.440. The first-order valence-corrected chi connectivity index (χ1v) is 9.91. The Labute approximate surface area is 147 Å². The van der Waals surface area contributed by atoms with Crippen LogP contribution in [0.15, 0.2) is 39.9 Å². The predicted molar refractivity (Wildman–Crippen MR) is 95.2 cm³/mol. The number of Topliss-reactive ketones (excluding diaryl/α,β-unsaturated/α-hetero) is 1. The summed E-state index contributed by atoms with van der Waals surface area (Å²) in [7, 11) is -1.77. The van der Waals surface area contributed by atoms with Crippen molar-refractivity contribution in [3.63, 3.8) is 0 Å². The lowest BCUT2D eigenvalue weighted by Gasteiger charge is -2.19. The molecule has 1 aromatic rings. The van der Waals surface area contributed by atoms with E-state index in [1.165, 1.54) is 25.3 Å². The second-order valence-electron chi connectivity index (χ2n) is 6.09. The van der Waals surface area contributed by atoms with Crippen LogP contribution in [0.5, 0.6) is 0 Å². The van der Waals surface area contributed by atoms with Crippen molar-refractivity contribution in [2.24, 2.45) is 4.99 Å². The van der Waals surface area contributed by atoms with Crippen LogP contribution in [0, 0.1) is 0 Å². The van der Waals surface area contributed by atoms with Crippen molar-refractivity contribution in [1.29, 1.82) is 0 Å². The van der Waals surface area contributed by atoms with Crippen LogP contribution in [0.25, 0.3) is 5.57 Å². The van der Waals surface area contributed by atoms with Crippen molar-refractivity contribution < 1.29 is 22.3 Å². The van der Waals surface area contributed by atoms with Gasteiger partial charge >= 0.3 is 0 Å². The first-order chi connectivity index (χ1) is 11.7. The zero-order valence-electron chi connectivity index (χ0n) is 14.5. The van der Waals surface area contributed by atoms with Crippen molar-refractivity contribution in [3.8, 4) is 0 Å². The Balaban J connectivity index is 2.47. The van der Waals surface area contributed by atoms with E-state index in [1.807, 2.05) is 0 Å². The Morgan fingerprint density at radius 1 is 1.28 bits per heavy atom. The lowest BCUT2D eigenvalue weighted by molar-refractivity contribution is -0.118. The number of alkyl halides is 1. The van der Waals surface area contributed by atoms with Crippen LogP contribution < -0.4 is 0 Å². The molecule has 0 bridgehead atoms. The number of hydrogen-bond acceptors (Lipinski definition) is 5. The largest absolute Gasteiger partial charge is 0.483 e. The maximum absolute atomic E-state index is 13.9. The SMILES string of the molecule is CN=C/C(=C(/OC1CCCC1F)C(C)=O)c1ccc(S(C)(=O)=O)cc1. The summed E-state index contributed by atoms with van der Waals surface area (Å²) in [4.78, 5) is 16.2. The van der Waals surface area contributed by atoms with E-state index in [0.717, 1.165) is 12.7 Å². The minimum atomic E-state index is -3.32. The molecule has 0 amide bonds. The molecule has 1 saturated carbocycles. The molecule has 1 aliphatic carbocycles. The monoisotopic (exact) mass is 367 g/mol. The number of hydrogen-bond donors (Lipinski definition) is 0. The number of allylic oxidation sites excluding steroid dienone is 2. The van der Waals surface area contributed by atoms with Crippen LogP contribution in [-0.2, 0) is 19.4 Å². The minimum absolute atomic E-state index is 0.0484. The number of rotatable bonds is 6. The number of carbonyl (C=O) groups is 1. The number of nitrogens with zero attached hydrogens (tertiary/aromatic N) is 1. The summed E-state index contributed by atoms with van der Waals surface area (Å²) in [6.07, 6.45) is 2.55. The fraction of sp³-hybridized carbons (Fsp3) is 0.444. The number of benzene rings is 1. The molecule has 2 unspecified atom stereocenters. The van der Waals surface area contributed by atoms with Gasteiger partial charge < -0.3 is 4.74 Å². The lowest BCUT2D eigenvalue weighted by atomic mass is 10.0. The zero-order chi connectivity index (χ0) is 18.6. The summed E-state index contributed by atoms with van der Waals surface area (Å²) in [5, 5.41) is 0. The van der Waals surface area contributed by atoms with Gasteiger partial charge in [0.1, 0.15) is 12.3 Å². The number of sulfone groups is 1. The topological polar surface area (TPSA) is 72.8 Å². The molecule has 0 aliphatic heterocycles. The molecule has 5 nitrogen and oxygen atoms in total. The predicted octanol–water partition coefficient (Wildman–Crippen LogP) is 3.00. The summed E-state index contributed by atoms with van der Waals surface area (Å²) in [6, 6.07) is 6.08. The summed E-state index contributed by atoms with van der Waals surface area (Å²) >= 11 is 0. The van der Waals surface area contributed by atoms with Gasteiger partial charge in [-0.2, -0.15) is 0 Å². The second-order valence-corrected chi connectivity index (χ2v) is 8.10. The average Bonchev–Trinajstić information content (AvgIpc) is 2.95. The normalized spacial score (nSPS) is 22.1. The Bertz CT molecular complexity index is 797. The Hall–Kier alpha value is -2.02. The van der Waals surface area contributed by atoms with Crippen LogP contribution in [0.1, 0.15) is 31.7 Å². The molecule has 0 N–H and O–H groups in total. The Morgan fingerprint density at radius 2 is 1.92 bits per heavy atom. The van der Waals surface area contributed by atoms with Gasteiger partial charge in [-0.25, -0.2) is 12.8 Å². The van der Waals surface area contributed by atoms with Crippen LogP contribution in [0.2, 0.25) is 0 Å². The highest BCUT2D eigenvalue weighted by atomic mass is 32.2. The molecule has 0 heterocycles. The maximum Gasteiger partial charge on any atom is 0.195 e. The van der Waals surface area contributed by atoms with Gasteiger partial charge in [-0.15, -0.1) is 0 Å². The highest BCUT2D eigenvalue weighted by molar-refractivity contribution is 7.90. The molecule has 0 saturated heterocycles. The molecular formula is C18H22FNO4S. The summed E-state index contributed by atoms with van der Waals surface area (Å²) in [5.74, 6) is -0.284. The Morgan fingerprint density at radius 3 is 2.36 bits per heavy atom. The fourth-order valence-corrected chi connectivity index (χ4v) is 3.41. The molecule has 1 aliphatic rings. The number of carbonyl (C=O) groups excluding carboxylic acids is 1. The highest BCUT2D eigenvalue weighted by Gasteiger charge is 2.31. The first-order valence-electron chi connectivity index (χ1n) is 8.02. The van der Waals surface area contributed by atoms with Gasteiger partial charge in [0.15, 0.2) is 21.4 Å². The zero-order valence-corrected chi connectivity index (χ0v) is 15.3. The van der Waals surface area contributed by atoms with Gasteiger partial charge in [0.25, 0.3) is 0 Å². The molecule has 7 heteroatoms. The lowest BCUT2D eigenvalue weighted by Crippen LogP contribution is -2.22.